The number of hydrogen-bond acceptors (Lipinski definition) is 1. The first-order chi connectivity index (χ1) is 5.27. The second-order valence-corrected chi connectivity index (χ2v) is 4.62. The quantitative estimate of drug-likeness (QED) is 0.519. The van der Waals surface area contributed by atoms with Crippen LogP contribution in [-0.4, -0.2) is 16.5 Å². The number of aliphatic hydroxyl groups is 1. The Morgan fingerprint density at radius 1 is 1.09 bits per heavy atom. The lowest BCUT2D eigenvalue weighted by molar-refractivity contribution is 0.282. The average molecular weight is 223 g/mol. The maximum atomic E-state index is 8.50. The second-order valence-electron chi connectivity index (χ2n) is 3.06. The minimum absolute atomic E-state index is 0.356. The fourth-order valence-corrected chi connectivity index (χ4v) is 1.39. The minimum atomic E-state index is 0.356. The molecular weight excluding hydrogens is 204 g/mol. The average Bonchev–Trinajstić information content (AvgIpc) is 1.96. The molecule has 0 aromatic carbocycles. The number of halogens is 1. The summed E-state index contributed by atoms with van der Waals surface area (Å²) < 4.78 is 0. The van der Waals surface area contributed by atoms with Crippen molar-refractivity contribution in [1.82, 2.24) is 0 Å². The van der Waals surface area contributed by atoms with Gasteiger partial charge in [-0.3, -0.25) is 0 Å². The van der Waals surface area contributed by atoms with E-state index >= 15 is 0 Å². The van der Waals surface area contributed by atoms with E-state index in [1.807, 2.05) is 0 Å². The first kappa shape index (κ1) is 11.4. The summed E-state index contributed by atoms with van der Waals surface area (Å²) in [5.74, 6) is 0. The van der Waals surface area contributed by atoms with E-state index in [1.54, 1.807) is 0 Å². The zero-order chi connectivity index (χ0) is 8.53. The van der Waals surface area contributed by atoms with Crippen molar-refractivity contribution in [2.75, 3.05) is 6.61 Å². The van der Waals surface area contributed by atoms with E-state index < -0.39 is 0 Å². The number of rotatable bonds is 7. The van der Waals surface area contributed by atoms with E-state index in [2.05, 4.69) is 22.9 Å². The van der Waals surface area contributed by atoms with Crippen LogP contribution in [-0.2, 0) is 0 Å². The van der Waals surface area contributed by atoms with Crippen LogP contribution in [0.15, 0.2) is 0 Å². The Labute approximate surface area is 78.3 Å². The molecule has 0 aliphatic rings. The van der Waals surface area contributed by atoms with Crippen molar-refractivity contribution in [2.45, 2.75) is 50.3 Å². The molecule has 0 heterocycles. The third-order valence-electron chi connectivity index (χ3n) is 1.76. The molecule has 1 nitrogen and oxygen atoms in total. The lowest BCUT2D eigenvalue weighted by atomic mass is 10.1. The first-order valence-corrected chi connectivity index (χ1v) is 5.44. The summed E-state index contributed by atoms with van der Waals surface area (Å²) in [6.07, 6.45) is 7.35. The van der Waals surface area contributed by atoms with Gasteiger partial charge < -0.3 is 5.11 Å². The van der Waals surface area contributed by atoms with Crippen molar-refractivity contribution in [3.63, 3.8) is 0 Å². The Kier molecular flexibility index (Phi) is 8.88. The van der Waals surface area contributed by atoms with Crippen LogP contribution in [0, 0.1) is 0 Å². The molecule has 0 radical (unpaired) electrons. The fourth-order valence-electron chi connectivity index (χ4n) is 1.07. The van der Waals surface area contributed by atoms with Crippen LogP contribution in [0.1, 0.15) is 45.4 Å². The molecule has 0 aliphatic carbocycles. The number of hydrogen-bond donors (Lipinski definition) is 1. The smallest absolute Gasteiger partial charge is 0.0431 e. The van der Waals surface area contributed by atoms with Crippen LogP contribution in [0.4, 0.5) is 0 Å². The zero-order valence-corrected chi connectivity index (χ0v) is 8.94. The monoisotopic (exact) mass is 222 g/mol. The van der Waals surface area contributed by atoms with Crippen LogP contribution >= 0.6 is 15.9 Å². The third kappa shape index (κ3) is 10.4. The Bertz CT molecular complexity index is 74.0. The van der Waals surface area contributed by atoms with E-state index in [0.29, 0.717) is 11.4 Å². The number of unbranched alkanes of at least 4 members (excludes halogenated alkanes) is 4. The van der Waals surface area contributed by atoms with Gasteiger partial charge in [-0.2, -0.15) is 0 Å². The van der Waals surface area contributed by atoms with Crippen LogP contribution in [0.2, 0.25) is 0 Å². The Morgan fingerprint density at radius 2 is 1.64 bits per heavy atom. The SMILES string of the molecule is CC(Br)CCCCCCCO. The van der Waals surface area contributed by atoms with Gasteiger partial charge in [-0.25, -0.2) is 0 Å². The molecule has 0 rings (SSSR count). The fraction of sp³-hybridized carbons (Fsp3) is 1.00. The van der Waals surface area contributed by atoms with Gasteiger partial charge in [-0.1, -0.05) is 48.5 Å². The standard InChI is InChI=1S/C9H19BrO/c1-9(10)7-5-3-2-4-6-8-11/h9,11H,2-8H2,1H3. The molecule has 0 spiro atoms. The van der Waals surface area contributed by atoms with Gasteiger partial charge in [-0.05, 0) is 12.8 Å². The topological polar surface area (TPSA) is 20.2 Å². The highest BCUT2D eigenvalue weighted by Crippen LogP contribution is 2.11. The molecule has 0 aromatic heterocycles. The zero-order valence-electron chi connectivity index (χ0n) is 7.35. The summed E-state index contributed by atoms with van der Waals surface area (Å²) in [4.78, 5) is 0.667. The van der Waals surface area contributed by atoms with Crippen molar-refractivity contribution in [3.05, 3.63) is 0 Å². The lowest BCUT2D eigenvalue weighted by Gasteiger charge is -2.01. The van der Waals surface area contributed by atoms with Gasteiger partial charge in [0.15, 0.2) is 0 Å². The molecule has 11 heavy (non-hydrogen) atoms. The molecule has 0 aliphatic heterocycles. The normalized spacial score (nSPS) is 13.4. The predicted molar refractivity (Wildman–Crippen MR) is 53.2 cm³/mol. The molecule has 0 saturated carbocycles. The van der Waals surface area contributed by atoms with E-state index in [-0.39, 0.29) is 0 Å². The molecule has 1 unspecified atom stereocenters. The molecule has 0 fully saturated rings. The molecular formula is C9H19BrO. The van der Waals surface area contributed by atoms with Crippen LogP contribution in [0.25, 0.3) is 0 Å². The highest BCUT2D eigenvalue weighted by molar-refractivity contribution is 9.09. The van der Waals surface area contributed by atoms with E-state index in [4.69, 9.17) is 5.11 Å². The third-order valence-corrected chi connectivity index (χ3v) is 2.22. The molecule has 2 heteroatoms. The van der Waals surface area contributed by atoms with Crippen molar-refractivity contribution in [2.24, 2.45) is 0 Å². The van der Waals surface area contributed by atoms with Crippen LogP contribution < -0.4 is 0 Å². The lowest BCUT2D eigenvalue weighted by Crippen LogP contribution is -1.89. The van der Waals surface area contributed by atoms with Gasteiger partial charge >= 0.3 is 0 Å². The second kappa shape index (κ2) is 8.54. The largest absolute Gasteiger partial charge is 0.396 e. The highest BCUT2D eigenvalue weighted by atomic mass is 79.9. The summed E-state index contributed by atoms with van der Waals surface area (Å²) in [5.41, 5.74) is 0. The Morgan fingerprint density at radius 3 is 2.18 bits per heavy atom. The van der Waals surface area contributed by atoms with Crippen molar-refractivity contribution >= 4 is 15.9 Å². The van der Waals surface area contributed by atoms with Gasteiger partial charge in [0, 0.05) is 11.4 Å². The van der Waals surface area contributed by atoms with Gasteiger partial charge in [0.25, 0.3) is 0 Å². The van der Waals surface area contributed by atoms with Crippen molar-refractivity contribution in [1.29, 1.82) is 0 Å². The number of aliphatic hydroxyl groups excluding tert-OH is 1. The Balaban J connectivity index is 2.80. The molecule has 68 valence electrons. The summed E-state index contributed by atoms with van der Waals surface area (Å²) in [7, 11) is 0. The molecule has 1 atom stereocenters. The summed E-state index contributed by atoms with van der Waals surface area (Å²) in [6, 6.07) is 0. The first-order valence-electron chi connectivity index (χ1n) is 4.52. The Hall–Kier alpha value is 0.440. The van der Waals surface area contributed by atoms with Gasteiger partial charge in [-0.15, -0.1) is 0 Å². The van der Waals surface area contributed by atoms with Crippen molar-refractivity contribution in [3.8, 4) is 0 Å². The van der Waals surface area contributed by atoms with E-state index in [9.17, 15) is 0 Å². The molecule has 0 bridgehead atoms. The number of alkyl halides is 1. The van der Waals surface area contributed by atoms with E-state index in [0.717, 1.165) is 6.42 Å². The maximum Gasteiger partial charge on any atom is 0.0431 e. The molecule has 0 amide bonds. The maximum absolute atomic E-state index is 8.50. The van der Waals surface area contributed by atoms with Gasteiger partial charge in [0.05, 0.1) is 0 Å². The van der Waals surface area contributed by atoms with E-state index in [1.165, 1.54) is 32.1 Å². The van der Waals surface area contributed by atoms with Crippen LogP contribution in [0.3, 0.4) is 0 Å². The van der Waals surface area contributed by atoms with Crippen LogP contribution in [0.5, 0.6) is 0 Å². The molecule has 1 N–H and O–H groups in total. The molecule has 0 saturated heterocycles. The molecule has 0 aromatic rings. The van der Waals surface area contributed by atoms with Crippen molar-refractivity contribution < 1.29 is 5.11 Å². The highest BCUT2D eigenvalue weighted by Gasteiger charge is 1.94. The predicted octanol–water partition coefficient (Wildman–Crippen LogP) is 3.10. The summed E-state index contributed by atoms with van der Waals surface area (Å²) >= 11 is 3.52. The summed E-state index contributed by atoms with van der Waals surface area (Å²) in [6.45, 7) is 2.54. The van der Waals surface area contributed by atoms with Gasteiger partial charge in [0.2, 0.25) is 0 Å². The minimum Gasteiger partial charge on any atom is -0.396 e. The van der Waals surface area contributed by atoms with Gasteiger partial charge in [0.1, 0.15) is 0 Å². The summed E-state index contributed by atoms with van der Waals surface area (Å²) in [5, 5.41) is 8.50.